The number of nitrogens with zero attached hydrogens (tertiary/aromatic N) is 2. The van der Waals surface area contributed by atoms with Gasteiger partial charge < -0.3 is 5.32 Å². The van der Waals surface area contributed by atoms with Crippen LogP contribution in [-0.2, 0) is 17.8 Å². The highest BCUT2D eigenvalue weighted by Gasteiger charge is 2.14. The molecule has 0 spiro atoms. The van der Waals surface area contributed by atoms with Crippen LogP contribution in [0.2, 0.25) is 0 Å². The Morgan fingerprint density at radius 3 is 3.06 bits per heavy atom. The van der Waals surface area contributed by atoms with Crippen LogP contribution in [0, 0.1) is 11.3 Å². The number of nitriles is 1. The molecule has 0 unspecified atom stereocenters. The molecule has 4 nitrogen and oxygen atoms in total. The number of anilines is 1. The average molecular weight is 229 g/mol. The van der Waals surface area contributed by atoms with Crippen LogP contribution in [-0.4, -0.2) is 24.4 Å². The number of fused-ring (bicyclic) bond motifs is 1. The number of carbonyl (C=O) groups is 1. The Kier molecular flexibility index (Phi) is 3.40. The Hall–Kier alpha value is -1.86. The third-order valence-corrected chi connectivity index (χ3v) is 2.86. The largest absolute Gasteiger partial charge is 0.326 e. The number of hydrogen-bond acceptors (Lipinski definition) is 3. The van der Waals surface area contributed by atoms with Crippen molar-refractivity contribution in [3.8, 4) is 6.07 Å². The molecule has 1 amide bonds. The second-order valence-electron chi connectivity index (χ2n) is 4.37. The molecule has 4 heteroatoms. The van der Waals surface area contributed by atoms with E-state index in [2.05, 4.69) is 17.5 Å². The molecule has 1 aliphatic rings. The van der Waals surface area contributed by atoms with Gasteiger partial charge in [-0.25, -0.2) is 0 Å². The molecule has 17 heavy (non-hydrogen) atoms. The van der Waals surface area contributed by atoms with E-state index < -0.39 is 0 Å². The van der Waals surface area contributed by atoms with Crippen molar-refractivity contribution >= 4 is 11.6 Å². The summed E-state index contributed by atoms with van der Waals surface area (Å²) in [6.45, 7) is 1.18. The van der Waals surface area contributed by atoms with Crippen LogP contribution in [0.3, 0.4) is 0 Å². The second-order valence-corrected chi connectivity index (χ2v) is 4.37. The zero-order valence-corrected chi connectivity index (χ0v) is 9.86. The maximum absolute atomic E-state index is 11.2. The van der Waals surface area contributed by atoms with E-state index >= 15 is 0 Å². The summed E-state index contributed by atoms with van der Waals surface area (Å²) >= 11 is 0. The minimum absolute atomic E-state index is 0.0897. The first kappa shape index (κ1) is 11.6. The van der Waals surface area contributed by atoms with Crippen LogP contribution < -0.4 is 5.32 Å². The van der Waals surface area contributed by atoms with Crippen molar-refractivity contribution in [3.05, 3.63) is 29.3 Å². The monoisotopic (exact) mass is 229 g/mol. The van der Waals surface area contributed by atoms with E-state index in [9.17, 15) is 4.79 Å². The predicted molar refractivity (Wildman–Crippen MR) is 65.3 cm³/mol. The maximum atomic E-state index is 11.2. The molecule has 0 atom stereocenters. The van der Waals surface area contributed by atoms with E-state index in [0.29, 0.717) is 13.0 Å². The molecule has 1 aromatic carbocycles. The average Bonchev–Trinajstić information content (AvgIpc) is 2.29. The predicted octanol–water partition coefficient (Wildman–Crippen LogP) is 1.53. The number of aryl methyl sites for hydroxylation is 1. The van der Waals surface area contributed by atoms with Crippen molar-refractivity contribution in [2.75, 3.05) is 18.9 Å². The van der Waals surface area contributed by atoms with Gasteiger partial charge in [0.15, 0.2) is 0 Å². The molecule has 1 N–H and O–H groups in total. The molecule has 0 bridgehead atoms. The van der Waals surface area contributed by atoms with E-state index in [1.807, 2.05) is 24.1 Å². The number of hydrogen-bond donors (Lipinski definition) is 1. The third kappa shape index (κ3) is 2.83. The summed E-state index contributed by atoms with van der Waals surface area (Å²) in [5.74, 6) is 0.0897. The Balaban J connectivity index is 2.12. The molecular formula is C13H15N3O. The highest BCUT2D eigenvalue weighted by Crippen LogP contribution is 2.23. The molecule has 0 saturated heterocycles. The highest BCUT2D eigenvalue weighted by molar-refractivity contribution is 5.93. The summed E-state index contributed by atoms with van der Waals surface area (Å²) < 4.78 is 0. The zero-order valence-electron chi connectivity index (χ0n) is 9.86. The molecular weight excluding hydrogens is 214 g/mol. The molecule has 0 aromatic heterocycles. The van der Waals surface area contributed by atoms with Gasteiger partial charge in [0.05, 0.1) is 12.6 Å². The number of carbonyl (C=O) groups excluding carboxylic acids is 1. The van der Waals surface area contributed by atoms with Gasteiger partial charge in [-0.1, -0.05) is 12.1 Å². The quantitative estimate of drug-likeness (QED) is 0.800. The summed E-state index contributed by atoms with van der Waals surface area (Å²) in [5.41, 5.74) is 3.29. The SMILES string of the molecule is CN(CC#N)Cc1ccc2c(c1)CCC(=O)N2. The third-order valence-electron chi connectivity index (χ3n) is 2.86. The van der Waals surface area contributed by atoms with Gasteiger partial charge in [0, 0.05) is 18.7 Å². The zero-order chi connectivity index (χ0) is 12.3. The molecule has 0 fully saturated rings. The molecule has 1 aliphatic heterocycles. The van der Waals surface area contributed by atoms with Crippen LogP contribution in [0.4, 0.5) is 5.69 Å². The molecule has 0 saturated carbocycles. The smallest absolute Gasteiger partial charge is 0.224 e. The van der Waals surface area contributed by atoms with E-state index in [0.717, 1.165) is 18.7 Å². The minimum atomic E-state index is 0.0897. The van der Waals surface area contributed by atoms with Gasteiger partial charge in [-0.15, -0.1) is 0 Å². The van der Waals surface area contributed by atoms with Gasteiger partial charge >= 0.3 is 0 Å². The lowest BCUT2D eigenvalue weighted by molar-refractivity contribution is -0.116. The first-order chi connectivity index (χ1) is 8.19. The summed E-state index contributed by atoms with van der Waals surface area (Å²) in [4.78, 5) is 13.2. The molecule has 1 heterocycles. The van der Waals surface area contributed by atoms with Crippen molar-refractivity contribution in [2.45, 2.75) is 19.4 Å². The number of benzene rings is 1. The summed E-state index contributed by atoms with van der Waals surface area (Å²) in [7, 11) is 1.92. The van der Waals surface area contributed by atoms with Gasteiger partial charge in [-0.05, 0) is 30.7 Å². The molecule has 0 radical (unpaired) electrons. The molecule has 1 aromatic rings. The molecule has 2 rings (SSSR count). The van der Waals surface area contributed by atoms with Crippen LogP contribution in [0.5, 0.6) is 0 Å². The highest BCUT2D eigenvalue weighted by atomic mass is 16.1. The minimum Gasteiger partial charge on any atom is -0.326 e. The number of nitrogens with one attached hydrogen (secondary N) is 1. The Bertz CT molecular complexity index is 476. The summed E-state index contributed by atoms with van der Waals surface area (Å²) in [6.07, 6.45) is 1.36. The Labute approximate surface area is 101 Å². The number of amides is 1. The van der Waals surface area contributed by atoms with Crippen LogP contribution in [0.25, 0.3) is 0 Å². The lowest BCUT2D eigenvalue weighted by atomic mass is 10.0. The van der Waals surface area contributed by atoms with Crippen LogP contribution in [0.15, 0.2) is 18.2 Å². The fourth-order valence-electron chi connectivity index (χ4n) is 2.02. The van der Waals surface area contributed by atoms with E-state index in [4.69, 9.17) is 5.26 Å². The topological polar surface area (TPSA) is 56.1 Å². The van der Waals surface area contributed by atoms with Gasteiger partial charge in [-0.2, -0.15) is 5.26 Å². The van der Waals surface area contributed by atoms with Crippen molar-refractivity contribution in [3.63, 3.8) is 0 Å². The van der Waals surface area contributed by atoms with E-state index in [1.165, 1.54) is 11.1 Å². The fraction of sp³-hybridized carbons (Fsp3) is 0.385. The Morgan fingerprint density at radius 1 is 1.47 bits per heavy atom. The van der Waals surface area contributed by atoms with Crippen molar-refractivity contribution in [1.82, 2.24) is 4.90 Å². The normalized spacial score (nSPS) is 14.1. The van der Waals surface area contributed by atoms with Gasteiger partial charge in [0.25, 0.3) is 0 Å². The van der Waals surface area contributed by atoms with E-state index in [-0.39, 0.29) is 5.91 Å². The van der Waals surface area contributed by atoms with Crippen molar-refractivity contribution < 1.29 is 4.79 Å². The fourth-order valence-corrected chi connectivity index (χ4v) is 2.02. The standard InChI is InChI=1S/C13H15N3O/c1-16(7-6-14)9-10-2-4-12-11(8-10)3-5-13(17)15-12/h2,4,8H,3,5,7,9H2,1H3,(H,15,17). The first-order valence-corrected chi connectivity index (χ1v) is 5.66. The molecule has 0 aliphatic carbocycles. The number of rotatable bonds is 3. The van der Waals surface area contributed by atoms with Gasteiger partial charge in [0.1, 0.15) is 0 Å². The van der Waals surface area contributed by atoms with Crippen LogP contribution >= 0.6 is 0 Å². The summed E-state index contributed by atoms with van der Waals surface area (Å²) in [6, 6.07) is 8.18. The van der Waals surface area contributed by atoms with Crippen LogP contribution in [0.1, 0.15) is 17.5 Å². The summed E-state index contributed by atoms with van der Waals surface area (Å²) in [5, 5.41) is 11.5. The van der Waals surface area contributed by atoms with E-state index in [1.54, 1.807) is 0 Å². The Morgan fingerprint density at radius 2 is 2.29 bits per heavy atom. The van der Waals surface area contributed by atoms with Gasteiger partial charge in [0.2, 0.25) is 5.91 Å². The van der Waals surface area contributed by atoms with Gasteiger partial charge in [-0.3, -0.25) is 9.69 Å². The first-order valence-electron chi connectivity index (χ1n) is 5.66. The van der Waals surface area contributed by atoms with Crippen molar-refractivity contribution in [1.29, 1.82) is 5.26 Å². The lowest BCUT2D eigenvalue weighted by Crippen LogP contribution is -2.20. The van der Waals surface area contributed by atoms with Crippen molar-refractivity contribution in [2.24, 2.45) is 0 Å². The maximum Gasteiger partial charge on any atom is 0.224 e. The molecule has 88 valence electrons. The second kappa shape index (κ2) is 4.98. The lowest BCUT2D eigenvalue weighted by Gasteiger charge is -2.19.